The molecule has 1 aromatic carbocycles. The number of nitrogens with one attached hydrogen (secondary N) is 2. The Morgan fingerprint density at radius 3 is 2.67 bits per heavy atom. The van der Waals surface area contributed by atoms with E-state index in [0.717, 1.165) is 47.4 Å². The third-order valence-corrected chi connectivity index (χ3v) is 7.53. The van der Waals surface area contributed by atoms with Crippen LogP contribution in [-0.2, 0) is 13.6 Å². The van der Waals surface area contributed by atoms with E-state index in [9.17, 15) is 4.79 Å². The van der Waals surface area contributed by atoms with Gasteiger partial charge >= 0.3 is 0 Å². The summed E-state index contributed by atoms with van der Waals surface area (Å²) in [7, 11) is 1.87. The summed E-state index contributed by atoms with van der Waals surface area (Å²) < 4.78 is 10.2. The zero-order chi connectivity index (χ0) is 27.3. The Morgan fingerprint density at radius 1 is 1.08 bits per heavy atom. The first-order valence-electron chi connectivity index (χ1n) is 13.9. The number of carbonyl (C=O) groups excluding carboxylic acids is 1. The first-order valence-corrected chi connectivity index (χ1v) is 13.9. The maximum Gasteiger partial charge on any atom is 0.258 e. The van der Waals surface area contributed by atoms with Crippen molar-refractivity contribution in [2.45, 2.75) is 65.5 Å². The first-order chi connectivity index (χ1) is 18.6. The molecule has 1 fully saturated rings. The molecule has 1 aliphatic carbocycles. The lowest BCUT2D eigenvalue weighted by Gasteiger charge is -2.22. The predicted molar refractivity (Wildman–Crippen MR) is 153 cm³/mol. The van der Waals surface area contributed by atoms with Crippen LogP contribution in [0.15, 0.2) is 36.5 Å². The number of aryl methyl sites for hydroxylation is 2. The molecule has 9 nitrogen and oxygen atoms in total. The fourth-order valence-electron chi connectivity index (χ4n) is 5.60. The molecule has 39 heavy (non-hydrogen) atoms. The molecule has 0 unspecified atom stereocenters. The van der Waals surface area contributed by atoms with Crippen molar-refractivity contribution in [1.29, 1.82) is 0 Å². The molecular weight excluding hydrogens is 490 g/mol. The van der Waals surface area contributed by atoms with Crippen LogP contribution in [0.5, 0.6) is 5.88 Å². The van der Waals surface area contributed by atoms with Gasteiger partial charge in [0.25, 0.3) is 5.91 Å². The molecule has 0 spiro atoms. The first kappa shape index (κ1) is 25.4. The summed E-state index contributed by atoms with van der Waals surface area (Å²) in [6.07, 6.45) is 6.24. The minimum absolute atomic E-state index is 0.0670. The minimum atomic E-state index is -0.212. The van der Waals surface area contributed by atoms with Gasteiger partial charge in [0, 0.05) is 36.1 Å². The molecule has 4 aromatic rings. The molecule has 4 heterocycles. The van der Waals surface area contributed by atoms with E-state index in [0.29, 0.717) is 41.5 Å². The van der Waals surface area contributed by atoms with Crippen molar-refractivity contribution < 1.29 is 9.53 Å². The summed E-state index contributed by atoms with van der Waals surface area (Å²) in [6.45, 7) is 9.72. The fraction of sp³-hybridized carbons (Fsp3) is 0.467. The van der Waals surface area contributed by atoms with Gasteiger partial charge in [-0.05, 0) is 95.5 Å². The normalized spacial score (nSPS) is 18.4. The Hall–Kier alpha value is -3.88. The zero-order valence-corrected chi connectivity index (χ0v) is 23.4. The van der Waals surface area contributed by atoms with Crippen LogP contribution < -0.4 is 15.4 Å². The smallest absolute Gasteiger partial charge is 0.258 e. The van der Waals surface area contributed by atoms with Crippen LogP contribution in [0.4, 0.5) is 11.6 Å². The molecule has 0 saturated heterocycles. The summed E-state index contributed by atoms with van der Waals surface area (Å²) in [5.74, 6) is 2.22. The van der Waals surface area contributed by atoms with Gasteiger partial charge in [0.2, 0.25) is 11.8 Å². The summed E-state index contributed by atoms with van der Waals surface area (Å²) in [5.41, 5.74) is 5.56. The average molecular weight is 528 g/mol. The maximum absolute atomic E-state index is 13.7. The second kappa shape index (κ2) is 9.70. The van der Waals surface area contributed by atoms with Crippen molar-refractivity contribution in [2.75, 3.05) is 17.2 Å². The van der Waals surface area contributed by atoms with Crippen molar-refractivity contribution in [3.8, 4) is 17.1 Å². The predicted octanol–water partition coefficient (Wildman–Crippen LogP) is 5.80. The molecule has 6 rings (SSSR count). The quantitative estimate of drug-likeness (QED) is 0.342. The van der Waals surface area contributed by atoms with Crippen molar-refractivity contribution in [1.82, 2.24) is 24.3 Å². The average Bonchev–Trinajstić information content (AvgIpc) is 3.57. The molecule has 1 saturated carbocycles. The number of imidazole rings is 1. The van der Waals surface area contributed by atoms with Gasteiger partial charge in [-0.25, -0.2) is 9.67 Å². The highest BCUT2D eigenvalue weighted by atomic mass is 16.5. The van der Waals surface area contributed by atoms with Gasteiger partial charge in [0.05, 0.1) is 35.1 Å². The number of fused-ring (bicyclic) bond motifs is 7. The Bertz CT molecular complexity index is 1540. The highest BCUT2D eigenvalue weighted by molar-refractivity contribution is 6.05. The van der Waals surface area contributed by atoms with E-state index in [2.05, 4.69) is 59.3 Å². The van der Waals surface area contributed by atoms with Crippen molar-refractivity contribution in [2.24, 2.45) is 18.9 Å². The number of amides is 1. The summed E-state index contributed by atoms with van der Waals surface area (Å²) in [6, 6.07) is 9.90. The topological polar surface area (TPSA) is 98.9 Å². The lowest BCUT2D eigenvalue weighted by molar-refractivity contribution is 0.102. The molecule has 9 heteroatoms. The molecule has 1 amide bonds. The van der Waals surface area contributed by atoms with Gasteiger partial charge < -0.3 is 14.6 Å². The zero-order valence-electron chi connectivity index (χ0n) is 23.4. The highest BCUT2D eigenvalue weighted by Gasteiger charge is 2.32. The third-order valence-electron chi connectivity index (χ3n) is 7.53. The van der Waals surface area contributed by atoms with E-state index in [1.807, 2.05) is 14.0 Å². The van der Waals surface area contributed by atoms with Crippen LogP contribution in [-0.4, -0.2) is 42.4 Å². The molecule has 204 valence electrons. The van der Waals surface area contributed by atoms with Crippen LogP contribution in [0, 0.1) is 18.8 Å². The number of hydrogen-bond acceptors (Lipinski definition) is 6. The fourth-order valence-corrected chi connectivity index (χ4v) is 5.60. The van der Waals surface area contributed by atoms with Gasteiger partial charge in [-0.15, -0.1) is 0 Å². The standard InChI is InChI=1S/C30H37N7O2/c1-18-13-21-14-24(32-18)23-16-31-36(5)28(23)39-12-6-7-20(19-8-9-19)17-37-26-11-10-22(35-30(2,3)4)15-25(26)33-29(37)34-27(21)38/h10-11,13-16,19-20,35H,6-9,12,17H2,1-5H3,(H,33,34,38)/t20-/m1/s1. The largest absolute Gasteiger partial charge is 0.477 e. The van der Waals surface area contributed by atoms with E-state index in [4.69, 9.17) is 14.7 Å². The summed E-state index contributed by atoms with van der Waals surface area (Å²) >= 11 is 0. The summed E-state index contributed by atoms with van der Waals surface area (Å²) in [5, 5.41) is 11.1. The monoisotopic (exact) mass is 527 g/mol. The molecule has 1 atom stereocenters. The molecule has 1 aliphatic heterocycles. The van der Waals surface area contributed by atoms with Crippen LogP contribution >= 0.6 is 0 Å². The maximum atomic E-state index is 13.7. The third kappa shape index (κ3) is 5.35. The van der Waals surface area contributed by atoms with Crippen molar-refractivity contribution in [3.05, 3.63) is 47.8 Å². The van der Waals surface area contributed by atoms with E-state index < -0.39 is 0 Å². The Balaban J connectivity index is 1.44. The minimum Gasteiger partial charge on any atom is -0.477 e. The van der Waals surface area contributed by atoms with E-state index in [1.165, 1.54) is 12.8 Å². The van der Waals surface area contributed by atoms with Gasteiger partial charge in [-0.2, -0.15) is 5.10 Å². The number of benzene rings is 1. The van der Waals surface area contributed by atoms with Gasteiger partial charge in [-0.3, -0.25) is 15.1 Å². The van der Waals surface area contributed by atoms with E-state index >= 15 is 0 Å². The number of nitrogens with zero attached hydrogens (tertiary/aromatic N) is 5. The lowest BCUT2D eigenvalue weighted by atomic mass is 9.97. The number of hydrogen-bond donors (Lipinski definition) is 2. The van der Waals surface area contributed by atoms with Crippen molar-refractivity contribution in [3.63, 3.8) is 0 Å². The Kier molecular flexibility index (Phi) is 6.32. The molecule has 2 aliphatic rings. The number of ether oxygens (including phenoxy) is 1. The lowest BCUT2D eigenvalue weighted by Crippen LogP contribution is -2.25. The Morgan fingerprint density at radius 2 is 1.90 bits per heavy atom. The molecule has 2 bridgehead atoms. The van der Waals surface area contributed by atoms with E-state index in [1.54, 1.807) is 23.0 Å². The SMILES string of the molecule is Cc1cc2cc(n1)-c1cnn(C)c1OCCC[C@@H](C1CC1)Cn1c(nc3cc(NC(C)(C)C)ccc31)NC2=O. The van der Waals surface area contributed by atoms with Gasteiger partial charge in [-0.1, -0.05) is 0 Å². The molecule has 2 N–H and O–H groups in total. The van der Waals surface area contributed by atoms with Gasteiger partial charge in [0.1, 0.15) is 0 Å². The van der Waals surface area contributed by atoms with Crippen LogP contribution in [0.1, 0.15) is 62.5 Å². The molecule has 0 radical (unpaired) electrons. The van der Waals surface area contributed by atoms with Crippen LogP contribution in [0.2, 0.25) is 0 Å². The number of aromatic nitrogens is 5. The second-order valence-electron chi connectivity index (χ2n) is 12.0. The number of carbonyl (C=O) groups is 1. The number of anilines is 2. The highest BCUT2D eigenvalue weighted by Crippen LogP contribution is 2.41. The Labute approximate surface area is 229 Å². The van der Waals surface area contributed by atoms with Crippen LogP contribution in [0.25, 0.3) is 22.3 Å². The van der Waals surface area contributed by atoms with Crippen LogP contribution in [0.3, 0.4) is 0 Å². The second-order valence-corrected chi connectivity index (χ2v) is 12.0. The number of rotatable bonds is 2. The van der Waals surface area contributed by atoms with E-state index in [-0.39, 0.29) is 11.4 Å². The van der Waals surface area contributed by atoms with Gasteiger partial charge in [0.15, 0.2) is 0 Å². The molecular formula is C30H37N7O2. The summed E-state index contributed by atoms with van der Waals surface area (Å²) in [4.78, 5) is 23.3. The molecule has 3 aromatic heterocycles. The number of pyridine rings is 1. The van der Waals surface area contributed by atoms with Crippen molar-refractivity contribution >= 4 is 28.6 Å².